The van der Waals surface area contributed by atoms with Crippen LogP contribution in [0.15, 0.2) is 84.5 Å². The summed E-state index contributed by atoms with van der Waals surface area (Å²) in [5.41, 5.74) is 10.9. The molecule has 0 aliphatic carbocycles. The smallest absolute Gasteiger partial charge is 0.0920 e. The van der Waals surface area contributed by atoms with E-state index in [2.05, 4.69) is 105 Å². The van der Waals surface area contributed by atoms with E-state index in [1.807, 2.05) is 6.08 Å². The minimum absolute atomic E-state index is 0.919. The Bertz CT molecular complexity index is 1210. The minimum Gasteiger partial charge on any atom is -0.369 e. The number of aryl methyl sites for hydroxylation is 1. The first-order valence-corrected chi connectivity index (χ1v) is 12.2. The third kappa shape index (κ3) is 3.79. The van der Waals surface area contributed by atoms with E-state index < -0.39 is 0 Å². The van der Waals surface area contributed by atoms with Gasteiger partial charge in [-0.1, -0.05) is 36.4 Å². The summed E-state index contributed by atoms with van der Waals surface area (Å²) in [5.74, 6) is 0. The van der Waals surface area contributed by atoms with Crippen LogP contribution in [0.5, 0.6) is 0 Å². The van der Waals surface area contributed by atoms with Crippen LogP contribution in [-0.2, 0) is 12.8 Å². The van der Waals surface area contributed by atoms with Crippen molar-refractivity contribution in [3.63, 3.8) is 0 Å². The Balaban J connectivity index is 0.0000000964. The highest BCUT2D eigenvalue weighted by molar-refractivity contribution is 5.80. The van der Waals surface area contributed by atoms with Gasteiger partial charge in [-0.3, -0.25) is 0 Å². The van der Waals surface area contributed by atoms with Crippen LogP contribution in [0.4, 0.5) is 22.7 Å². The van der Waals surface area contributed by atoms with Gasteiger partial charge in [0, 0.05) is 24.6 Å². The summed E-state index contributed by atoms with van der Waals surface area (Å²) in [5, 5.41) is 10.0. The molecule has 6 nitrogen and oxygen atoms in total. The second-order valence-electron chi connectivity index (χ2n) is 9.24. The first-order chi connectivity index (χ1) is 16.8. The van der Waals surface area contributed by atoms with Crippen molar-refractivity contribution < 1.29 is 0 Å². The van der Waals surface area contributed by atoms with Gasteiger partial charge in [0.25, 0.3) is 0 Å². The average molecular weight is 453 g/mol. The van der Waals surface area contributed by atoms with Gasteiger partial charge in [0.2, 0.25) is 0 Å². The number of nitrogens with one attached hydrogen (secondary N) is 3. The zero-order valence-electron chi connectivity index (χ0n) is 19.7. The number of anilines is 4. The molecule has 6 aliphatic heterocycles. The van der Waals surface area contributed by atoms with Gasteiger partial charge in [-0.05, 0) is 61.6 Å². The maximum Gasteiger partial charge on any atom is 0.0920 e. The lowest BCUT2D eigenvalue weighted by Crippen LogP contribution is -2.27. The molecule has 34 heavy (non-hydrogen) atoms. The highest BCUT2D eigenvalue weighted by Crippen LogP contribution is 2.38. The lowest BCUT2D eigenvalue weighted by Gasteiger charge is -2.25. The van der Waals surface area contributed by atoms with Crippen molar-refractivity contribution in [3.8, 4) is 0 Å². The van der Waals surface area contributed by atoms with E-state index in [0.29, 0.717) is 0 Å². The van der Waals surface area contributed by atoms with Gasteiger partial charge < -0.3 is 30.7 Å². The van der Waals surface area contributed by atoms with Gasteiger partial charge >= 0.3 is 0 Å². The highest BCUT2D eigenvalue weighted by atomic mass is 15.3. The summed E-state index contributed by atoms with van der Waals surface area (Å²) < 4.78 is 0. The van der Waals surface area contributed by atoms with Crippen LogP contribution >= 0.6 is 0 Å². The summed E-state index contributed by atoms with van der Waals surface area (Å²) >= 11 is 0. The fourth-order valence-corrected chi connectivity index (χ4v) is 5.39. The van der Waals surface area contributed by atoms with E-state index in [0.717, 1.165) is 26.4 Å². The number of hydrogen-bond acceptors (Lipinski definition) is 6. The number of para-hydroxylation sites is 2. The second kappa shape index (κ2) is 8.86. The molecule has 0 unspecified atom stereocenters. The molecule has 0 fully saturated rings. The van der Waals surface area contributed by atoms with Gasteiger partial charge in [0.1, 0.15) is 0 Å². The maximum atomic E-state index is 3.41. The average Bonchev–Trinajstić information content (AvgIpc) is 3.61. The molecular weight excluding hydrogens is 420 g/mol. The summed E-state index contributed by atoms with van der Waals surface area (Å²) in [6, 6.07) is 13.0. The summed E-state index contributed by atoms with van der Waals surface area (Å²) in [6.45, 7) is 6.16. The fraction of sp³-hybridized carbons (Fsp3) is 0.286. The molecule has 0 amide bonds. The molecule has 0 atom stereocenters. The number of rotatable bonds is 0. The molecule has 6 aliphatic rings. The topological polar surface area (TPSA) is 45.8 Å². The monoisotopic (exact) mass is 452 g/mol. The van der Waals surface area contributed by atoms with Crippen LogP contribution < -0.4 is 25.8 Å². The molecule has 174 valence electrons. The molecule has 0 saturated heterocycles. The molecule has 3 N–H and O–H groups in total. The summed E-state index contributed by atoms with van der Waals surface area (Å²) in [6.07, 6.45) is 16.3. The lowest BCUT2D eigenvalue weighted by molar-refractivity contribution is 0.497. The van der Waals surface area contributed by atoms with Crippen LogP contribution in [0.25, 0.3) is 0 Å². The zero-order valence-corrected chi connectivity index (χ0v) is 19.7. The van der Waals surface area contributed by atoms with Gasteiger partial charge in [0.05, 0.1) is 48.5 Å². The molecule has 6 heterocycles. The summed E-state index contributed by atoms with van der Waals surface area (Å²) in [4.78, 5) is 6.89. The van der Waals surface area contributed by atoms with E-state index >= 15 is 0 Å². The van der Waals surface area contributed by atoms with Crippen LogP contribution in [0.2, 0.25) is 0 Å². The number of fused-ring (bicyclic) bond motifs is 1. The second-order valence-corrected chi connectivity index (χ2v) is 9.24. The molecule has 0 radical (unpaired) electrons. The van der Waals surface area contributed by atoms with Gasteiger partial charge in [-0.25, -0.2) is 0 Å². The Kier molecular flexibility index (Phi) is 5.41. The standard InChI is InChI=1S/C10H12N2.C10H10N2.C8H10N2/c2*1-3-8-4-2-6-12-7-11-9(5-1)10(8)12;1-7-8-4-2-3-5-10(8)6-9-7/h1,3,5,11H,2,4,6-7H2;1-3,5-6,11H,4,7H2;2-5,9H,6H2,1H3. The quantitative estimate of drug-likeness (QED) is 0.527. The molecule has 0 aromatic heterocycles. The molecule has 8 rings (SSSR count). The Hall–Kier alpha value is -3.80. The fourth-order valence-electron chi connectivity index (χ4n) is 5.39. The molecule has 2 aromatic rings. The van der Waals surface area contributed by atoms with Crippen molar-refractivity contribution >= 4 is 22.7 Å². The molecule has 0 spiro atoms. The predicted octanol–water partition coefficient (Wildman–Crippen LogP) is 4.93. The Morgan fingerprint density at radius 3 is 2.44 bits per heavy atom. The van der Waals surface area contributed by atoms with Gasteiger partial charge in [0.15, 0.2) is 0 Å². The number of nitrogens with zero attached hydrogens (tertiary/aromatic N) is 3. The van der Waals surface area contributed by atoms with Crippen LogP contribution in [0.1, 0.15) is 24.5 Å². The third-order valence-electron chi connectivity index (χ3n) is 7.08. The van der Waals surface area contributed by atoms with Gasteiger partial charge in [-0.2, -0.15) is 0 Å². The first kappa shape index (κ1) is 20.8. The van der Waals surface area contributed by atoms with Crippen LogP contribution in [0.3, 0.4) is 0 Å². The van der Waals surface area contributed by atoms with E-state index in [1.165, 1.54) is 64.7 Å². The SMILES string of the molecule is C1=CN2CNc3cccc(c32)C1.CC1=C2C=CC=CN2CN1.c1cc2c3c(c1)NCN3CCC2. The molecule has 0 bridgehead atoms. The number of hydrogen-bond donors (Lipinski definition) is 3. The van der Waals surface area contributed by atoms with E-state index in [4.69, 9.17) is 0 Å². The van der Waals surface area contributed by atoms with Crippen LogP contribution in [-0.4, -0.2) is 31.5 Å². The van der Waals surface area contributed by atoms with E-state index in [1.54, 1.807) is 0 Å². The van der Waals surface area contributed by atoms with E-state index in [-0.39, 0.29) is 0 Å². The van der Waals surface area contributed by atoms with Crippen LogP contribution in [0, 0.1) is 0 Å². The first-order valence-electron chi connectivity index (χ1n) is 12.2. The zero-order chi connectivity index (χ0) is 22.9. The Morgan fingerprint density at radius 2 is 1.56 bits per heavy atom. The molecule has 0 saturated carbocycles. The Morgan fingerprint density at radius 1 is 0.765 bits per heavy atom. The highest BCUT2D eigenvalue weighted by Gasteiger charge is 2.24. The van der Waals surface area contributed by atoms with E-state index in [9.17, 15) is 0 Å². The number of allylic oxidation sites excluding steroid dienone is 5. The Labute approximate surface area is 201 Å². The van der Waals surface area contributed by atoms with Crippen molar-refractivity contribution in [2.24, 2.45) is 0 Å². The number of benzene rings is 2. The third-order valence-corrected chi connectivity index (χ3v) is 7.08. The van der Waals surface area contributed by atoms with Crippen molar-refractivity contribution in [2.45, 2.75) is 26.2 Å². The molecule has 2 aromatic carbocycles. The normalized spacial score (nSPS) is 19.1. The van der Waals surface area contributed by atoms with Crippen molar-refractivity contribution in [1.29, 1.82) is 0 Å². The predicted molar refractivity (Wildman–Crippen MR) is 142 cm³/mol. The van der Waals surface area contributed by atoms with Crippen molar-refractivity contribution in [2.75, 3.05) is 47.0 Å². The molecule has 6 heteroatoms. The summed E-state index contributed by atoms with van der Waals surface area (Å²) in [7, 11) is 0. The largest absolute Gasteiger partial charge is 0.369 e. The lowest BCUT2D eigenvalue weighted by atomic mass is 10.0. The van der Waals surface area contributed by atoms with Gasteiger partial charge in [-0.15, -0.1) is 0 Å². The maximum absolute atomic E-state index is 3.41. The van der Waals surface area contributed by atoms with Crippen molar-refractivity contribution in [3.05, 3.63) is 95.6 Å². The van der Waals surface area contributed by atoms with Crippen molar-refractivity contribution in [1.82, 2.24) is 10.2 Å². The minimum atomic E-state index is 0.919. The molecular formula is C28H32N6.